The van der Waals surface area contributed by atoms with E-state index < -0.39 is 16.1 Å². The van der Waals surface area contributed by atoms with Crippen molar-refractivity contribution in [3.63, 3.8) is 0 Å². The molecule has 0 atom stereocenters. The summed E-state index contributed by atoms with van der Waals surface area (Å²) in [7, 11) is 12.1. The summed E-state index contributed by atoms with van der Waals surface area (Å²) in [6, 6.07) is 14.3. The first-order chi connectivity index (χ1) is 11.7. The quantitative estimate of drug-likeness (QED) is 0.379. The first-order valence-electron chi connectivity index (χ1n) is 8.32. The van der Waals surface area contributed by atoms with Crippen molar-refractivity contribution in [3.8, 4) is 5.75 Å². The summed E-state index contributed by atoms with van der Waals surface area (Å²) < 4.78 is 5.88. The molecule has 0 aliphatic rings. The van der Waals surface area contributed by atoms with Gasteiger partial charge in [-0.3, -0.25) is 0 Å². The third-order valence-electron chi connectivity index (χ3n) is 3.93. The Morgan fingerprint density at radius 3 is 2.32 bits per heavy atom. The number of para-hydroxylation sites is 2. The van der Waals surface area contributed by atoms with Crippen molar-refractivity contribution in [3.05, 3.63) is 59.2 Å². The van der Waals surface area contributed by atoms with E-state index in [-0.39, 0.29) is 5.41 Å². The second-order valence-electron chi connectivity index (χ2n) is 7.27. The SMILES string of the molecule is CC(C)c1ccccc1N=Cc1cccc(C(C)(C)C)c1[O][Ti]([Cl])[Cl]. The van der Waals surface area contributed by atoms with Crippen molar-refractivity contribution < 1.29 is 19.5 Å². The molecule has 2 aromatic carbocycles. The Hall–Kier alpha value is -0.796. The van der Waals surface area contributed by atoms with Crippen molar-refractivity contribution >= 4 is 30.5 Å². The van der Waals surface area contributed by atoms with Gasteiger partial charge in [-0.25, -0.2) is 0 Å². The number of halogens is 2. The van der Waals surface area contributed by atoms with Crippen LogP contribution >= 0.6 is 18.6 Å². The minimum atomic E-state index is -2.53. The molecule has 0 saturated carbocycles. The summed E-state index contributed by atoms with van der Waals surface area (Å²) in [5.41, 5.74) is 4.10. The van der Waals surface area contributed by atoms with Gasteiger partial charge in [-0.05, 0) is 0 Å². The van der Waals surface area contributed by atoms with E-state index in [9.17, 15) is 0 Å². The third-order valence-corrected chi connectivity index (χ3v) is 5.13. The summed E-state index contributed by atoms with van der Waals surface area (Å²) >= 11 is -2.53. The fraction of sp³-hybridized carbons (Fsp3) is 0.350. The summed E-state index contributed by atoms with van der Waals surface area (Å²) in [5.74, 6) is 1.16. The van der Waals surface area contributed by atoms with Crippen LogP contribution in [0.5, 0.6) is 5.75 Å². The van der Waals surface area contributed by atoms with Gasteiger partial charge in [-0.2, -0.15) is 0 Å². The predicted molar refractivity (Wildman–Crippen MR) is 105 cm³/mol. The number of hydrogen-bond donors (Lipinski definition) is 0. The number of nitrogens with zero attached hydrogens (tertiary/aromatic N) is 1. The zero-order valence-electron chi connectivity index (χ0n) is 15.3. The number of aliphatic imine (C=N–C) groups is 1. The van der Waals surface area contributed by atoms with Crippen molar-refractivity contribution in [2.24, 2.45) is 4.99 Å². The van der Waals surface area contributed by atoms with Crippen molar-refractivity contribution in [1.29, 1.82) is 0 Å². The standard InChI is InChI=1S/C20H25NO.2ClH.Ti/c1-14(2)16-10-6-7-12-18(16)21-13-15-9-8-11-17(19(15)22)20(3,4)5;;;/h6-14,22H,1-5H3;2*1H;/q;;;+3/p-3. The molecule has 0 heterocycles. The average Bonchev–Trinajstić information content (AvgIpc) is 2.52. The topological polar surface area (TPSA) is 21.6 Å². The van der Waals surface area contributed by atoms with Gasteiger partial charge in [0.15, 0.2) is 0 Å². The van der Waals surface area contributed by atoms with Crippen LogP contribution < -0.4 is 3.32 Å². The molecule has 0 aliphatic carbocycles. The van der Waals surface area contributed by atoms with Crippen LogP contribution in [0.2, 0.25) is 0 Å². The Balaban J connectivity index is 2.49. The van der Waals surface area contributed by atoms with E-state index in [0.29, 0.717) is 5.92 Å². The van der Waals surface area contributed by atoms with Crippen LogP contribution in [0.25, 0.3) is 0 Å². The second-order valence-corrected chi connectivity index (χ2v) is 11.9. The van der Waals surface area contributed by atoms with Crippen LogP contribution in [0, 0.1) is 0 Å². The molecule has 0 unspecified atom stereocenters. The monoisotopic (exact) mass is 412 g/mol. The zero-order valence-corrected chi connectivity index (χ0v) is 18.4. The molecule has 0 N–H and O–H groups in total. The van der Waals surface area contributed by atoms with Gasteiger partial charge in [-0.15, -0.1) is 0 Å². The first-order valence-corrected chi connectivity index (χ1v) is 13.3. The van der Waals surface area contributed by atoms with Gasteiger partial charge in [-0.1, -0.05) is 0 Å². The predicted octanol–water partition coefficient (Wildman–Crippen LogP) is 7.08. The van der Waals surface area contributed by atoms with E-state index in [1.54, 1.807) is 0 Å². The van der Waals surface area contributed by atoms with Crippen LogP contribution in [-0.4, -0.2) is 6.21 Å². The molecule has 0 aliphatic heterocycles. The average molecular weight is 413 g/mol. The first kappa shape index (κ1) is 20.5. The van der Waals surface area contributed by atoms with Gasteiger partial charge in [0.1, 0.15) is 0 Å². The molecule has 0 amide bonds. The molecular formula is C20H24Cl2NOTi. The van der Waals surface area contributed by atoms with Gasteiger partial charge >= 0.3 is 166 Å². The van der Waals surface area contributed by atoms with Gasteiger partial charge in [0.05, 0.1) is 0 Å². The maximum atomic E-state index is 6.06. The molecule has 133 valence electrons. The van der Waals surface area contributed by atoms with Crippen LogP contribution in [0.4, 0.5) is 5.69 Å². The Labute approximate surface area is 165 Å². The van der Waals surface area contributed by atoms with E-state index in [0.717, 1.165) is 22.6 Å². The summed E-state index contributed by atoms with van der Waals surface area (Å²) in [6.07, 6.45) is 1.85. The van der Waals surface area contributed by atoms with Gasteiger partial charge in [0, 0.05) is 0 Å². The summed E-state index contributed by atoms with van der Waals surface area (Å²) in [4.78, 5) is 4.72. The molecule has 2 rings (SSSR count). The van der Waals surface area contributed by atoms with E-state index in [1.165, 1.54) is 5.56 Å². The van der Waals surface area contributed by atoms with Crippen LogP contribution in [0.15, 0.2) is 47.5 Å². The van der Waals surface area contributed by atoms with E-state index in [4.69, 9.17) is 26.9 Å². The molecule has 5 heteroatoms. The van der Waals surface area contributed by atoms with Crippen LogP contribution in [0.3, 0.4) is 0 Å². The molecule has 0 radical (unpaired) electrons. The molecule has 0 spiro atoms. The summed E-state index contributed by atoms with van der Waals surface area (Å²) in [6.45, 7) is 10.8. The van der Waals surface area contributed by atoms with Gasteiger partial charge in [0.2, 0.25) is 0 Å². The van der Waals surface area contributed by atoms with Crippen LogP contribution in [0.1, 0.15) is 57.2 Å². The number of rotatable bonds is 5. The molecule has 0 saturated heterocycles. The van der Waals surface area contributed by atoms with E-state index in [1.807, 2.05) is 36.5 Å². The fourth-order valence-corrected chi connectivity index (χ4v) is 3.90. The Morgan fingerprint density at radius 2 is 1.72 bits per heavy atom. The summed E-state index contributed by atoms with van der Waals surface area (Å²) in [5, 5.41) is 0. The van der Waals surface area contributed by atoms with Crippen molar-refractivity contribution in [2.75, 3.05) is 0 Å². The third kappa shape index (κ3) is 5.59. The second kappa shape index (κ2) is 8.73. The zero-order chi connectivity index (χ0) is 18.6. The minimum absolute atomic E-state index is 0.0728. The molecule has 0 aromatic heterocycles. The van der Waals surface area contributed by atoms with E-state index >= 15 is 0 Å². The number of benzene rings is 2. The molecule has 2 aromatic rings. The fourth-order valence-electron chi connectivity index (χ4n) is 2.67. The molecule has 0 fully saturated rings. The number of hydrogen-bond acceptors (Lipinski definition) is 2. The normalized spacial score (nSPS) is 12.0. The Bertz CT molecular complexity index is 752. The maximum absolute atomic E-state index is 6.06. The molecule has 2 nitrogen and oxygen atoms in total. The van der Waals surface area contributed by atoms with Crippen molar-refractivity contribution in [1.82, 2.24) is 0 Å². The Morgan fingerprint density at radius 1 is 1.04 bits per heavy atom. The Kier molecular flexibility index (Phi) is 7.16. The van der Waals surface area contributed by atoms with Crippen molar-refractivity contribution in [2.45, 2.75) is 46.0 Å². The molecule has 0 bridgehead atoms. The van der Waals surface area contributed by atoms with Crippen LogP contribution in [-0.2, 0) is 21.6 Å². The van der Waals surface area contributed by atoms with Gasteiger partial charge in [0.25, 0.3) is 0 Å². The molecule has 25 heavy (non-hydrogen) atoms. The molecular weight excluding hydrogens is 389 g/mol. The van der Waals surface area contributed by atoms with E-state index in [2.05, 4.69) is 46.8 Å². The van der Waals surface area contributed by atoms with Gasteiger partial charge < -0.3 is 0 Å².